The van der Waals surface area contributed by atoms with Crippen molar-refractivity contribution in [3.05, 3.63) is 65.7 Å². The second-order valence-electron chi connectivity index (χ2n) is 6.32. The van der Waals surface area contributed by atoms with Gasteiger partial charge in [0.1, 0.15) is 5.75 Å². The van der Waals surface area contributed by atoms with Crippen molar-refractivity contribution >= 4 is 5.91 Å². The average molecular weight is 325 g/mol. The molecule has 0 saturated carbocycles. The highest BCUT2D eigenvalue weighted by atomic mass is 16.5. The monoisotopic (exact) mass is 325 g/mol. The molecular formula is C20H25N2O2+. The number of carbonyl (C=O) groups excluding carboxylic acids is 1. The second kappa shape index (κ2) is 7.97. The quantitative estimate of drug-likeness (QED) is 0.847. The smallest absolute Gasteiger partial charge is 0.275 e. The molecule has 1 amide bonds. The predicted octanol–water partition coefficient (Wildman–Crippen LogP) is 1.58. The Kier molecular flexibility index (Phi) is 5.49. The molecule has 0 aromatic heterocycles. The lowest BCUT2D eigenvalue weighted by molar-refractivity contribution is -0.879. The standard InChI is InChI=1S/C20H24N2O2/c1-24-18-11-9-17(10-12-18)20(16-7-3-2-4-8-16)21-19(23)15-22-13-5-6-14-22/h2-4,7-12,20H,5-6,13-15H2,1H3,(H,21,23)/p+1/t20-/m0/s1. The molecule has 1 heterocycles. The van der Waals surface area contributed by atoms with E-state index in [2.05, 4.69) is 17.4 Å². The van der Waals surface area contributed by atoms with Crippen LogP contribution in [0.1, 0.15) is 30.0 Å². The van der Waals surface area contributed by atoms with Gasteiger partial charge in [0.15, 0.2) is 6.54 Å². The summed E-state index contributed by atoms with van der Waals surface area (Å²) >= 11 is 0. The number of likely N-dealkylation sites (tertiary alicyclic amines) is 1. The van der Waals surface area contributed by atoms with Gasteiger partial charge in [-0.05, 0) is 23.3 Å². The Labute approximate surface area is 143 Å². The summed E-state index contributed by atoms with van der Waals surface area (Å²) < 4.78 is 5.23. The number of carbonyl (C=O) groups is 1. The van der Waals surface area contributed by atoms with Crippen LogP contribution in [0.2, 0.25) is 0 Å². The summed E-state index contributed by atoms with van der Waals surface area (Å²) in [6.07, 6.45) is 2.45. The number of hydrogen-bond acceptors (Lipinski definition) is 2. The molecule has 2 aromatic rings. The van der Waals surface area contributed by atoms with Gasteiger partial charge < -0.3 is 15.0 Å². The van der Waals surface area contributed by atoms with Crippen LogP contribution >= 0.6 is 0 Å². The van der Waals surface area contributed by atoms with Gasteiger partial charge in [-0.1, -0.05) is 42.5 Å². The van der Waals surface area contributed by atoms with E-state index in [1.54, 1.807) is 7.11 Å². The number of methoxy groups -OCH3 is 1. The number of ether oxygens (including phenoxy) is 1. The van der Waals surface area contributed by atoms with Crippen molar-refractivity contribution in [3.63, 3.8) is 0 Å². The molecule has 0 unspecified atom stereocenters. The Morgan fingerprint density at radius 1 is 1.04 bits per heavy atom. The third-order valence-corrected chi connectivity index (χ3v) is 4.61. The molecule has 0 radical (unpaired) electrons. The van der Waals surface area contributed by atoms with Crippen molar-refractivity contribution in [3.8, 4) is 5.75 Å². The summed E-state index contributed by atoms with van der Waals surface area (Å²) in [6.45, 7) is 2.76. The van der Waals surface area contributed by atoms with E-state index in [4.69, 9.17) is 4.74 Å². The maximum Gasteiger partial charge on any atom is 0.275 e. The summed E-state index contributed by atoms with van der Waals surface area (Å²) in [7, 11) is 1.66. The van der Waals surface area contributed by atoms with Gasteiger partial charge in [0.25, 0.3) is 5.91 Å². The molecule has 1 aliphatic heterocycles. The van der Waals surface area contributed by atoms with Crippen LogP contribution in [0.15, 0.2) is 54.6 Å². The molecule has 24 heavy (non-hydrogen) atoms. The van der Waals surface area contributed by atoms with Gasteiger partial charge in [0.05, 0.1) is 26.2 Å². The third-order valence-electron chi connectivity index (χ3n) is 4.61. The lowest BCUT2D eigenvalue weighted by Crippen LogP contribution is -3.11. The first kappa shape index (κ1) is 16.5. The van der Waals surface area contributed by atoms with Crippen LogP contribution in [-0.4, -0.2) is 32.7 Å². The van der Waals surface area contributed by atoms with Gasteiger partial charge >= 0.3 is 0 Å². The van der Waals surface area contributed by atoms with Crippen LogP contribution in [-0.2, 0) is 4.79 Å². The first-order chi connectivity index (χ1) is 11.8. The second-order valence-corrected chi connectivity index (χ2v) is 6.32. The number of quaternary nitrogens is 1. The fourth-order valence-corrected chi connectivity index (χ4v) is 3.29. The van der Waals surface area contributed by atoms with Crippen molar-refractivity contribution in [2.45, 2.75) is 18.9 Å². The summed E-state index contributed by atoms with van der Waals surface area (Å²) in [5.74, 6) is 0.926. The molecule has 3 rings (SSSR count). The van der Waals surface area contributed by atoms with Crippen molar-refractivity contribution < 1.29 is 14.4 Å². The van der Waals surface area contributed by atoms with E-state index >= 15 is 0 Å². The van der Waals surface area contributed by atoms with Gasteiger partial charge in [-0.15, -0.1) is 0 Å². The zero-order valence-electron chi connectivity index (χ0n) is 14.1. The fourth-order valence-electron chi connectivity index (χ4n) is 3.29. The lowest BCUT2D eigenvalue weighted by Gasteiger charge is -2.21. The van der Waals surface area contributed by atoms with Crippen molar-refractivity contribution in [2.75, 3.05) is 26.7 Å². The molecule has 126 valence electrons. The molecule has 4 nitrogen and oxygen atoms in total. The van der Waals surface area contributed by atoms with Crippen LogP contribution in [0.3, 0.4) is 0 Å². The Balaban J connectivity index is 1.77. The highest BCUT2D eigenvalue weighted by molar-refractivity contribution is 5.78. The van der Waals surface area contributed by atoms with Crippen LogP contribution < -0.4 is 15.0 Å². The molecule has 0 aliphatic carbocycles. The molecule has 1 aliphatic rings. The lowest BCUT2D eigenvalue weighted by atomic mass is 9.98. The van der Waals surface area contributed by atoms with E-state index in [0.29, 0.717) is 6.54 Å². The maximum absolute atomic E-state index is 12.5. The molecule has 1 saturated heterocycles. The first-order valence-corrected chi connectivity index (χ1v) is 8.58. The highest BCUT2D eigenvalue weighted by Gasteiger charge is 2.22. The minimum absolute atomic E-state index is 0.108. The fraction of sp³-hybridized carbons (Fsp3) is 0.350. The number of amides is 1. The predicted molar refractivity (Wildman–Crippen MR) is 94.2 cm³/mol. The topological polar surface area (TPSA) is 42.8 Å². The first-order valence-electron chi connectivity index (χ1n) is 8.58. The Bertz CT molecular complexity index is 649. The van der Waals surface area contributed by atoms with Gasteiger partial charge in [-0.3, -0.25) is 4.79 Å². The molecule has 2 N–H and O–H groups in total. The van der Waals surface area contributed by atoms with Crippen LogP contribution in [0.25, 0.3) is 0 Å². The summed E-state index contributed by atoms with van der Waals surface area (Å²) in [6, 6.07) is 17.9. The molecule has 0 bridgehead atoms. The summed E-state index contributed by atoms with van der Waals surface area (Å²) in [4.78, 5) is 13.9. The van der Waals surface area contributed by atoms with E-state index in [1.807, 2.05) is 42.5 Å². The number of nitrogens with one attached hydrogen (secondary N) is 2. The van der Waals surface area contributed by atoms with E-state index < -0.39 is 0 Å². The van der Waals surface area contributed by atoms with E-state index in [9.17, 15) is 4.79 Å². The van der Waals surface area contributed by atoms with E-state index in [0.717, 1.165) is 30.0 Å². The summed E-state index contributed by atoms with van der Waals surface area (Å²) in [5.41, 5.74) is 2.15. The average Bonchev–Trinajstić information content (AvgIpc) is 3.13. The number of hydrogen-bond donors (Lipinski definition) is 2. The van der Waals surface area contributed by atoms with Gasteiger partial charge in [0.2, 0.25) is 0 Å². The minimum atomic E-state index is -0.133. The molecule has 1 atom stereocenters. The molecular weight excluding hydrogens is 300 g/mol. The Hall–Kier alpha value is -2.33. The third kappa shape index (κ3) is 4.15. The number of benzene rings is 2. The van der Waals surface area contributed by atoms with E-state index in [1.165, 1.54) is 17.7 Å². The van der Waals surface area contributed by atoms with Crippen LogP contribution in [0.5, 0.6) is 5.75 Å². The zero-order chi connectivity index (χ0) is 16.8. The summed E-state index contributed by atoms with van der Waals surface area (Å²) in [5, 5.41) is 3.21. The number of rotatable bonds is 6. The van der Waals surface area contributed by atoms with Crippen LogP contribution in [0, 0.1) is 0 Å². The van der Waals surface area contributed by atoms with Gasteiger partial charge in [0, 0.05) is 12.8 Å². The van der Waals surface area contributed by atoms with E-state index in [-0.39, 0.29) is 11.9 Å². The Morgan fingerprint density at radius 2 is 1.67 bits per heavy atom. The maximum atomic E-state index is 12.5. The normalized spacial score (nSPS) is 15.9. The largest absolute Gasteiger partial charge is 0.497 e. The van der Waals surface area contributed by atoms with Gasteiger partial charge in [-0.25, -0.2) is 0 Å². The molecule has 1 fully saturated rings. The van der Waals surface area contributed by atoms with Gasteiger partial charge in [-0.2, -0.15) is 0 Å². The van der Waals surface area contributed by atoms with Crippen molar-refractivity contribution in [1.82, 2.24) is 5.32 Å². The Morgan fingerprint density at radius 3 is 2.29 bits per heavy atom. The molecule has 0 spiro atoms. The molecule has 4 heteroatoms. The molecule has 2 aromatic carbocycles. The van der Waals surface area contributed by atoms with Crippen molar-refractivity contribution in [1.29, 1.82) is 0 Å². The minimum Gasteiger partial charge on any atom is -0.497 e. The zero-order valence-corrected chi connectivity index (χ0v) is 14.1. The van der Waals surface area contributed by atoms with Crippen LogP contribution in [0.4, 0.5) is 0 Å². The SMILES string of the molecule is COc1ccc([C@@H](NC(=O)C[NH+]2CCCC2)c2ccccc2)cc1. The van der Waals surface area contributed by atoms with Crippen molar-refractivity contribution in [2.24, 2.45) is 0 Å². The highest BCUT2D eigenvalue weighted by Crippen LogP contribution is 2.24.